The number of anilines is 2. The summed E-state index contributed by atoms with van der Waals surface area (Å²) in [7, 11) is -4.20. The fraction of sp³-hybridized carbons (Fsp3) is 0.318. The lowest BCUT2D eigenvalue weighted by Crippen LogP contribution is -2.20. The van der Waals surface area contributed by atoms with Crippen LogP contribution in [0.2, 0.25) is 5.02 Å². The Balaban J connectivity index is 1.69. The molecule has 174 valence electrons. The summed E-state index contributed by atoms with van der Waals surface area (Å²) in [6.07, 6.45) is 1.67. The van der Waals surface area contributed by atoms with Gasteiger partial charge in [0.2, 0.25) is 0 Å². The van der Waals surface area contributed by atoms with Crippen molar-refractivity contribution in [3.63, 3.8) is 0 Å². The third kappa shape index (κ3) is 4.68. The molecule has 0 saturated heterocycles. The number of ketones is 1. The first-order chi connectivity index (χ1) is 15.5. The molecule has 0 aliphatic heterocycles. The molecular weight excluding hydrogens is 486 g/mol. The number of amides is 1. The molecule has 0 atom stereocenters. The van der Waals surface area contributed by atoms with Crippen molar-refractivity contribution in [3.8, 4) is 0 Å². The second kappa shape index (κ2) is 8.58. The summed E-state index contributed by atoms with van der Waals surface area (Å²) >= 11 is 7.07. The molecule has 1 saturated carbocycles. The van der Waals surface area contributed by atoms with Crippen molar-refractivity contribution in [3.05, 3.63) is 55.4 Å². The van der Waals surface area contributed by atoms with Crippen LogP contribution in [-0.2, 0) is 10.0 Å². The number of thiophene rings is 1. The lowest BCUT2D eigenvalue weighted by Gasteiger charge is -2.15. The van der Waals surface area contributed by atoms with E-state index >= 15 is 0 Å². The summed E-state index contributed by atoms with van der Waals surface area (Å²) in [5.41, 5.74) is 2.82. The van der Waals surface area contributed by atoms with Crippen molar-refractivity contribution in [2.45, 2.75) is 45.4 Å². The van der Waals surface area contributed by atoms with Crippen molar-refractivity contribution in [1.82, 2.24) is 5.16 Å². The molecule has 0 radical (unpaired) electrons. The van der Waals surface area contributed by atoms with E-state index in [4.69, 9.17) is 16.1 Å². The van der Waals surface area contributed by atoms with Crippen LogP contribution in [0, 0.1) is 33.6 Å². The van der Waals surface area contributed by atoms with Crippen LogP contribution < -0.4 is 10.0 Å². The zero-order valence-corrected chi connectivity index (χ0v) is 20.8. The van der Waals surface area contributed by atoms with Crippen LogP contribution in [0.4, 0.5) is 11.6 Å². The predicted octanol–water partition coefficient (Wildman–Crippen LogP) is 5.27. The Labute approximate surface area is 200 Å². The third-order valence-electron chi connectivity index (χ3n) is 5.27. The molecule has 0 bridgehead atoms. The first-order valence-electron chi connectivity index (χ1n) is 10.2. The van der Waals surface area contributed by atoms with Crippen LogP contribution in [0.3, 0.4) is 0 Å². The standard InChI is InChI=1S/C22H22ClN3O5S2/c1-10-7-11(2)18(15(8-10)19(27)14-5-6-14)24-21(28)20-16(9-12(3)32-20)33(29,30)26-22-17(23)13(4)25-31-22/h7-9,14,26H,5-6H2,1-4H3,(H,24,28). The van der Waals surface area contributed by atoms with Gasteiger partial charge in [0.05, 0.1) is 5.69 Å². The normalized spacial score (nSPS) is 13.7. The fourth-order valence-corrected chi connectivity index (χ4v) is 6.18. The van der Waals surface area contributed by atoms with E-state index in [1.807, 2.05) is 13.0 Å². The van der Waals surface area contributed by atoms with Gasteiger partial charge in [-0.1, -0.05) is 22.8 Å². The Bertz CT molecular complexity index is 1390. The van der Waals surface area contributed by atoms with Crippen molar-refractivity contribution in [2.24, 2.45) is 5.92 Å². The van der Waals surface area contributed by atoms with E-state index < -0.39 is 15.9 Å². The predicted molar refractivity (Wildman–Crippen MR) is 127 cm³/mol. The Morgan fingerprint density at radius 1 is 1.15 bits per heavy atom. The maximum atomic E-state index is 13.2. The van der Waals surface area contributed by atoms with Crippen molar-refractivity contribution in [1.29, 1.82) is 0 Å². The van der Waals surface area contributed by atoms with E-state index in [0.717, 1.165) is 35.3 Å². The Morgan fingerprint density at radius 3 is 2.45 bits per heavy atom. The summed E-state index contributed by atoms with van der Waals surface area (Å²) < 4.78 is 33.3. The number of carbonyl (C=O) groups is 2. The van der Waals surface area contributed by atoms with Gasteiger partial charge in [0.15, 0.2) is 5.78 Å². The van der Waals surface area contributed by atoms with Crippen LogP contribution >= 0.6 is 22.9 Å². The highest BCUT2D eigenvalue weighted by molar-refractivity contribution is 7.93. The highest BCUT2D eigenvalue weighted by Crippen LogP contribution is 2.37. The number of halogens is 1. The number of nitrogens with one attached hydrogen (secondary N) is 2. The second-order valence-electron chi connectivity index (χ2n) is 8.16. The summed E-state index contributed by atoms with van der Waals surface area (Å²) in [4.78, 5) is 26.5. The van der Waals surface area contributed by atoms with Gasteiger partial charge in [-0.25, -0.2) is 13.1 Å². The maximum absolute atomic E-state index is 13.2. The van der Waals surface area contributed by atoms with Crippen LogP contribution in [0.25, 0.3) is 0 Å². The van der Waals surface area contributed by atoms with Crippen molar-refractivity contribution in [2.75, 3.05) is 10.0 Å². The molecule has 1 aliphatic carbocycles. The number of aryl methyl sites for hydroxylation is 4. The number of aromatic nitrogens is 1. The van der Waals surface area contributed by atoms with Crippen molar-refractivity contribution >= 4 is 56.2 Å². The van der Waals surface area contributed by atoms with Gasteiger partial charge < -0.3 is 9.84 Å². The minimum absolute atomic E-state index is 0.00990. The van der Waals surface area contributed by atoms with Crippen LogP contribution in [0.1, 0.15) is 54.6 Å². The van der Waals surface area contributed by atoms with E-state index in [1.165, 1.54) is 6.07 Å². The van der Waals surface area contributed by atoms with Crippen LogP contribution in [0.15, 0.2) is 27.6 Å². The first kappa shape index (κ1) is 23.5. The van der Waals surface area contributed by atoms with Gasteiger partial charge in [-0.05, 0) is 63.8 Å². The highest BCUT2D eigenvalue weighted by Gasteiger charge is 2.33. The monoisotopic (exact) mass is 507 g/mol. The van der Waals surface area contributed by atoms with Gasteiger partial charge in [0.25, 0.3) is 21.8 Å². The molecule has 1 aliphatic rings. The summed E-state index contributed by atoms with van der Waals surface area (Å²) in [5, 5.41) is 6.46. The number of carbonyl (C=O) groups excluding carboxylic acids is 2. The first-order valence-corrected chi connectivity index (χ1v) is 12.9. The quantitative estimate of drug-likeness (QED) is 0.420. The zero-order valence-electron chi connectivity index (χ0n) is 18.4. The molecule has 1 amide bonds. The number of nitrogens with zero attached hydrogens (tertiary/aromatic N) is 1. The number of Topliss-reactive ketones (excluding diaryl/α,β-unsaturated/α-hetero) is 1. The highest BCUT2D eigenvalue weighted by atomic mass is 35.5. The van der Waals surface area contributed by atoms with Crippen LogP contribution in [0.5, 0.6) is 0 Å². The van der Waals surface area contributed by atoms with Gasteiger partial charge >= 0.3 is 0 Å². The second-order valence-corrected chi connectivity index (χ2v) is 11.4. The topological polar surface area (TPSA) is 118 Å². The van der Waals surface area contributed by atoms with E-state index in [9.17, 15) is 18.0 Å². The molecule has 3 aromatic rings. The van der Waals surface area contributed by atoms with E-state index in [2.05, 4.69) is 15.2 Å². The van der Waals surface area contributed by atoms with E-state index in [0.29, 0.717) is 21.8 Å². The molecular formula is C22H22ClN3O5S2. The molecule has 4 rings (SSSR count). The van der Waals surface area contributed by atoms with Gasteiger partial charge in [0.1, 0.15) is 20.5 Å². The van der Waals surface area contributed by atoms with Crippen molar-refractivity contribution < 1.29 is 22.5 Å². The molecule has 11 heteroatoms. The lowest BCUT2D eigenvalue weighted by molar-refractivity contribution is 0.0968. The van der Waals surface area contributed by atoms with Gasteiger partial charge in [-0.15, -0.1) is 11.3 Å². The van der Waals surface area contributed by atoms with Gasteiger partial charge in [-0.3, -0.25) is 9.59 Å². The molecule has 0 unspecified atom stereocenters. The zero-order chi connectivity index (χ0) is 24.1. The van der Waals surface area contributed by atoms with E-state index in [1.54, 1.807) is 26.8 Å². The minimum atomic E-state index is -4.20. The number of benzene rings is 1. The molecule has 0 spiro atoms. The molecule has 1 aromatic carbocycles. The smallest absolute Gasteiger partial charge is 0.267 e. The SMILES string of the molecule is Cc1cc(C)c(NC(=O)c2sc(C)cc2S(=O)(=O)Nc2onc(C)c2Cl)c(C(=O)C2CC2)c1. The summed E-state index contributed by atoms with van der Waals surface area (Å²) in [5.74, 6) is -0.883. The van der Waals surface area contributed by atoms with Gasteiger partial charge in [-0.2, -0.15) is 0 Å². The average Bonchev–Trinajstić information content (AvgIpc) is 3.45. The van der Waals surface area contributed by atoms with Crippen LogP contribution in [-0.4, -0.2) is 25.3 Å². The molecule has 2 aromatic heterocycles. The third-order valence-corrected chi connectivity index (χ3v) is 8.25. The molecule has 2 N–H and O–H groups in total. The molecule has 1 fully saturated rings. The Morgan fingerprint density at radius 2 is 1.85 bits per heavy atom. The van der Waals surface area contributed by atoms with Gasteiger partial charge in [0, 0.05) is 16.4 Å². The minimum Gasteiger partial charge on any atom is -0.336 e. The summed E-state index contributed by atoms with van der Waals surface area (Å²) in [6.45, 7) is 6.96. The fourth-order valence-electron chi connectivity index (χ4n) is 3.51. The number of hydrogen-bond acceptors (Lipinski definition) is 7. The number of rotatable bonds is 7. The number of hydrogen-bond donors (Lipinski definition) is 2. The molecule has 2 heterocycles. The maximum Gasteiger partial charge on any atom is 0.267 e. The Hall–Kier alpha value is -2.69. The molecule has 33 heavy (non-hydrogen) atoms. The summed E-state index contributed by atoms with van der Waals surface area (Å²) in [6, 6.07) is 5.03. The number of sulfonamides is 1. The van der Waals surface area contributed by atoms with E-state index in [-0.39, 0.29) is 32.4 Å². The average molecular weight is 508 g/mol. The largest absolute Gasteiger partial charge is 0.336 e. The molecule has 8 nitrogen and oxygen atoms in total. The lowest BCUT2D eigenvalue weighted by atomic mass is 9.98. The Kier molecular flexibility index (Phi) is 6.10.